The molecule has 6 atom stereocenters. The molecule has 2 saturated carbocycles. The normalized spacial score (nSPS) is 26.1. The molecule has 46 heavy (non-hydrogen) atoms. The fourth-order valence-electron chi connectivity index (χ4n) is 8.02. The maximum Gasteiger partial charge on any atom is 0.223 e. The van der Waals surface area contributed by atoms with Crippen LogP contribution in [0.4, 0.5) is 0 Å². The molecule has 8 rings (SSSR count). The summed E-state index contributed by atoms with van der Waals surface area (Å²) in [6.45, 7) is 8.43. The van der Waals surface area contributed by atoms with Crippen LogP contribution < -0.4 is 0 Å². The zero-order valence-electron chi connectivity index (χ0n) is 27.2. The number of rotatable bonds is 9. The lowest BCUT2D eigenvalue weighted by molar-refractivity contribution is -0.135. The van der Waals surface area contributed by atoms with Gasteiger partial charge in [-0.15, -0.1) is 0 Å². The lowest BCUT2D eigenvalue weighted by Gasteiger charge is -2.27. The average Bonchev–Trinajstić information content (AvgIpc) is 3.63. The molecule has 0 spiro atoms. The highest BCUT2D eigenvalue weighted by Crippen LogP contribution is 2.54. The van der Waals surface area contributed by atoms with Crippen LogP contribution in [0.25, 0.3) is 33.6 Å². The minimum Gasteiger partial charge on any atom is -0.340 e. The summed E-state index contributed by atoms with van der Waals surface area (Å²) in [5.74, 6) is 4.30. The number of likely N-dealkylation sites (tertiary alicyclic amines) is 2. The van der Waals surface area contributed by atoms with E-state index in [1.165, 1.54) is 0 Å². The number of imidazole rings is 2. The largest absolute Gasteiger partial charge is 0.340 e. The maximum absolute atomic E-state index is 13.0. The van der Waals surface area contributed by atoms with Crippen LogP contribution in [0.15, 0.2) is 60.9 Å². The summed E-state index contributed by atoms with van der Waals surface area (Å²) in [6.07, 6.45) is 9.29. The van der Waals surface area contributed by atoms with E-state index in [-0.39, 0.29) is 23.9 Å². The van der Waals surface area contributed by atoms with Gasteiger partial charge in [0.1, 0.15) is 11.6 Å². The van der Waals surface area contributed by atoms with Crippen LogP contribution in [0.5, 0.6) is 0 Å². The van der Waals surface area contributed by atoms with Crippen LogP contribution in [0, 0.1) is 23.7 Å². The molecule has 2 saturated heterocycles. The highest BCUT2D eigenvalue weighted by molar-refractivity contribution is 5.79. The zero-order chi connectivity index (χ0) is 31.7. The number of amides is 2. The van der Waals surface area contributed by atoms with Crippen molar-refractivity contribution in [2.24, 2.45) is 23.7 Å². The number of hydrogen-bond acceptors (Lipinski definition) is 4. The molecule has 2 aliphatic heterocycles. The van der Waals surface area contributed by atoms with E-state index < -0.39 is 0 Å². The van der Waals surface area contributed by atoms with Crippen LogP contribution in [-0.4, -0.2) is 53.6 Å². The van der Waals surface area contributed by atoms with Crippen molar-refractivity contribution in [2.45, 2.75) is 90.4 Å². The summed E-state index contributed by atoms with van der Waals surface area (Å²) in [5.41, 5.74) is 6.41. The van der Waals surface area contributed by atoms with Crippen molar-refractivity contribution in [1.82, 2.24) is 29.7 Å². The van der Waals surface area contributed by atoms with Crippen LogP contribution in [-0.2, 0) is 9.59 Å². The fourth-order valence-corrected chi connectivity index (χ4v) is 8.02. The van der Waals surface area contributed by atoms with E-state index in [9.17, 15) is 9.59 Å². The molecule has 2 aromatic carbocycles. The lowest BCUT2D eigenvalue weighted by atomic mass is 10.0. The van der Waals surface area contributed by atoms with Gasteiger partial charge in [-0.2, -0.15) is 0 Å². The molecule has 0 radical (unpaired) electrons. The first-order chi connectivity index (χ1) is 22.2. The monoisotopic (exact) mass is 616 g/mol. The van der Waals surface area contributed by atoms with Crippen molar-refractivity contribution >= 4 is 11.8 Å². The second kappa shape index (κ2) is 11.2. The Bertz CT molecular complexity index is 1620. The van der Waals surface area contributed by atoms with E-state index in [0.717, 1.165) is 71.0 Å². The molecular formula is C38H44N6O2. The fraction of sp³-hybridized carbons (Fsp3) is 0.474. The number of fused-ring (bicyclic) bond motifs is 2. The molecule has 4 fully saturated rings. The second-order valence-electron chi connectivity index (χ2n) is 14.9. The molecule has 4 aliphatic rings. The first kappa shape index (κ1) is 29.2. The van der Waals surface area contributed by atoms with Crippen molar-refractivity contribution < 1.29 is 9.59 Å². The summed E-state index contributed by atoms with van der Waals surface area (Å²) in [6, 6.07) is 18.0. The quantitative estimate of drug-likeness (QED) is 0.203. The molecular weight excluding hydrogens is 572 g/mol. The van der Waals surface area contributed by atoms with Crippen molar-refractivity contribution in [2.75, 3.05) is 0 Å². The Morgan fingerprint density at radius 3 is 1.37 bits per heavy atom. The predicted octanol–water partition coefficient (Wildman–Crippen LogP) is 7.55. The van der Waals surface area contributed by atoms with Gasteiger partial charge in [-0.1, -0.05) is 76.2 Å². The minimum atomic E-state index is 0.0579. The van der Waals surface area contributed by atoms with Crippen LogP contribution >= 0.6 is 0 Å². The highest BCUT2D eigenvalue weighted by Gasteiger charge is 2.55. The Morgan fingerprint density at radius 2 is 1.00 bits per heavy atom. The number of carbonyl (C=O) groups excluding carboxylic acids is 2. The van der Waals surface area contributed by atoms with Crippen molar-refractivity contribution in [3.05, 3.63) is 72.6 Å². The third-order valence-electron chi connectivity index (χ3n) is 10.5. The molecule has 2 N–H and O–H groups in total. The van der Waals surface area contributed by atoms with Crippen LogP contribution in [0.2, 0.25) is 0 Å². The molecule has 8 nitrogen and oxygen atoms in total. The molecule has 0 bridgehead atoms. The average molecular weight is 617 g/mol. The van der Waals surface area contributed by atoms with Gasteiger partial charge in [-0.05, 0) is 71.6 Å². The Balaban J connectivity index is 0.939. The molecule has 2 aliphatic carbocycles. The Morgan fingerprint density at radius 1 is 0.630 bits per heavy atom. The Labute approximate surface area is 271 Å². The molecule has 4 aromatic rings. The van der Waals surface area contributed by atoms with Gasteiger partial charge >= 0.3 is 0 Å². The number of carbonyl (C=O) groups is 2. The van der Waals surface area contributed by atoms with Crippen LogP contribution in [0.1, 0.15) is 90.0 Å². The Hall–Kier alpha value is -4.20. The van der Waals surface area contributed by atoms with Crippen molar-refractivity contribution in [3.8, 4) is 33.6 Å². The summed E-state index contributed by atoms with van der Waals surface area (Å²) in [4.78, 5) is 46.8. The summed E-state index contributed by atoms with van der Waals surface area (Å²) >= 11 is 0. The molecule has 2 aromatic heterocycles. The Kier molecular flexibility index (Phi) is 7.14. The van der Waals surface area contributed by atoms with Crippen LogP contribution in [0.3, 0.4) is 0 Å². The summed E-state index contributed by atoms with van der Waals surface area (Å²) in [7, 11) is 0. The number of benzene rings is 2. The number of aromatic nitrogens is 4. The third kappa shape index (κ3) is 5.35. The van der Waals surface area contributed by atoms with E-state index in [1.54, 1.807) is 0 Å². The van der Waals surface area contributed by atoms with E-state index in [4.69, 9.17) is 9.97 Å². The number of nitrogens with one attached hydrogen (secondary N) is 2. The number of hydrogen-bond donors (Lipinski definition) is 2. The highest BCUT2D eigenvalue weighted by atomic mass is 16.2. The van der Waals surface area contributed by atoms with Gasteiger partial charge in [0.05, 0.1) is 35.9 Å². The standard InChI is InChI=1S/C38H44N6O2/c1-21(2)13-35(45)43-31-15-27(31)17-33(43)37-39-19-29(41-37)25-9-5-23(6-10-25)24-7-11-26(12-8-24)30-20-40-38(42-30)34-18-28-16-32(28)44(34)36(46)14-22(3)4/h5-12,19-22,27-28,31-34H,13-18H2,1-4H3,(H,39,41)(H,40,42)/t27-,28-,31-,32-,33+,34+/m1/s1. The first-order valence-electron chi connectivity index (χ1n) is 17.2. The van der Waals surface area contributed by atoms with E-state index in [2.05, 4.69) is 96.0 Å². The first-order valence-corrected chi connectivity index (χ1v) is 17.2. The molecule has 0 unspecified atom stereocenters. The minimum absolute atomic E-state index is 0.0579. The topological polar surface area (TPSA) is 98.0 Å². The molecule has 238 valence electrons. The third-order valence-corrected chi connectivity index (χ3v) is 10.5. The predicted molar refractivity (Wildman–Crippen MR) is 178 cm³/mol. The number of nitrogens with zero attached hydrogens (tertiary/aromatic N) is 4. The maximum atomic E-state index is 13.0. The van der Waals surface area contributed by atoms with Crippen molar-refractivity contribution in [3.63, 3.8) is 0 Å². The van der Waals surface area contributed by atoms with Crippen molar-refractivity contribution in [1.29, 1.82) is 0 Å². The van der Waals surface area contributed by atoms with Gasteiger partial charge in [0.2, 0.25) is 11.8 Å². The molecule has 8 heteroatoms. The van der Waals surface area contributed by atoms with E-state index in [0.29, 0.717) is 48.6 Å². The number of H-pyrrole nitrogens is 2. The van der Waals surface area contributed by atoms with Gasteiger partial charge in [0.15, 0.2) is 0 Å². The van der Waals surface area contributed by atoms with Gasteiger partial charge in [-0.3, -0.25) is 9.59 Å². The van der Waals surface area contributed by atoms with E-state index in [1.807, 2.05) is 12.4 Å². The molecule has 2 amide bonds. The lowest BCUT2D eigenvalue weighted by Crippen LogP contribution is -2.34. The second-order valence-corrected chi connectivity index (χ2v) is 14.9. The van der Waals surface area contributed by atoms with E-state index >= 15 is 0 Å². The van der Waals surface area contributed by atoms with Gasteiger partial charge in [0.25, 0.3) is 0 Å². The smallest absolute Gasteiger partial charge is 0.223 e. The number of piperidine rings is 2. The number of aromatic amines is 2. The van der Waals surface area contributed by atoms with Gasteiger partial charge in [-0.25, -0.2) is 9.97 Å². The van der Waals surface area contributed by atoms with Gasteiger partial charge < -0.3 is 19.8 Å². The van der Waals surface area contributed by atoms with Gasteiger partial charge in [0, 0.05) is 24.9 Å². The zero-order valence-corrected chi connectivity index (χ0v) is 27.2. The molecule has 4 heterocycles. The SMILES string of the molecule is CC(C)CC(=O)N1[C@@H]2C[C@@H]2C[C@H]1c1ncc(-c2ccc(-c3ccc(-c4cnc([C@@H]5C[C@H]6C[C@H]6N5C(=O)CC(C)C)[nH]4)cc3)cc2)[nH]1. The summed E-state index contributed by atoms with van der Waals surface area (Å²) in [5, 5.41) is 0. The summed E-state index contributed by atoms with van der Waals surface area (Å²) < 4.78 is 0.